The van der Waals surface area contributed by atoms with E-state index in [4.69, 9.17) is 4.42 Å². The van der Waals surface area contributed by atoms with Crippen LogP contribution in [0, 0.1) is 5.92 Å². The third-order valence-corrected chi connectivity index (χ3v) is 2.84. The zero-order valence-corrected chi connectivity index (χ0v) is 10.2. The summed E-state index contributed by atoms with van der Waals surface area (Å²) in [7, 11) is 1.92. The average Bonchev–Trinajstić information content (AvgIpc) is 2.96. The van der Waals surface area contributed by atoms with E-state index in [2.05, 4.69) is 22.1 Å². The van der Waals surface area contributed by atoms with Crippen LogP contribution in [0.1, 0.15) is 31.9 Å². The molecule has 2 rings (SSSR count). The molecule has 1 aromatic heterocycles. The SMILES string of the molecule is CCCN(CC1CC1)c1nc(CNC)co1. The number of aromatic nitrogens is 1. The Morgan fingerprint density at radius 2 is 2.38 bits per heavy atom. The molecular formula is C12H21N3O. The minimum Gasteiger partial charge on any atom is -0.432 e. The first kappa shape index (κ1) is 11.5. The highest BCUT2D eigenvalue weighted by molar-refractivity contribution is 5.27. The lowest BCUT2D eigenvalue weighted by Gasteiger charge is -2.19. The van der Waals surface area contributed by atoms with Gasteiger partial charge in [0.05, 0.1) is 5.69 Å². The van der Waals surface area contributed by atoms with Crippen LogP contribution in [0.5, 0.6) is 0 Å². The van der Waals surface area contributed by atoms with Gasteiger partial charge in [-0.1, -0.05) is 6.92 Å². The standard InChI is InChI=1S/C12H21N3O/c1-3-6-15(8-10-4-5-10)12-14-11(7-13-2)9-16-12/h9-10,13H,3-8H2,1-2H3. The Morgan fingerprint density at radius 1 is 1.56 bits per heavy atom. The number of anilines is 1. The lowest BCUT2D eigenvalue weighted by molar-refractivity contribution is 0.522. The van der Waals surface area contributed by atoms with Crippen molar-refractivity contribution in [1.29, 1.82) is 0 Å². The van der Waals surface area contributed by atoms with E-state index in [1.54, 1.807) is 6.26 Å². The average molecular weight is 223 g/mol. The highest BCUT2D eigenvalue weighted by Crippen LogP contribution is 2.31. The molecule has 90 valence electrons. The van der Waals surface area contributed by atoms with Crippen LogP contribution < -0.4 is 10.2 Å². The summed E-state index contributed by atoms with van der Waals surface area (Å²) in [4.78, 5) is 6.77. The molecule has 1 saturated carbocycles. The Balaban J connectivity index is 1.98. The number of oxazole rings is 1. The van der Waals surface area contributed by atoms with Crippen molar-refractivity contribution in [3.05, 3.63) is 12.0 Å². The molecule has 0 amide bonds. The summed E-state index contributed by atoms with van der Waals surface area (Å²) in [5.41, 5.74) is 0.981. The third-order valence-electron chi connectivity index (χ3n) is 2.84. The van der Waals surface area contributed by atoms with Gasteiger partial charge in [0.15, 0.2) is 0 Å². The number of nitrogens with zero attached hydrogens (tertiary/aromatic N) is 2. The van der Waals surface area contributed by atoms with E-state index in [9.17, 15) is 0 Å². The van der Waals surface area contributed by atoms with Gasteiger partial charge >= 0.3 is 0 Å². The first-order chi connectivity index (χ1) is 7.83. The molecule has 4 nitrogen and oxygen atoms in total. The highest BCUT2D eigenvalue weighted by atomic mass is 16.4. The maximum atomic E-state index is 5.54. The molecule has 0 atom stereocenters. The molecule has 0 unspecified atom stereocenters. The van der Waals surface area contributed by atoms with E-state index < -0.39 is 0 Å². The minimum absolute atomic E-state index is 0.771. The second-order valence-electron chi connectivity index (χ2n) is 4.54. The first-order valence-electron chi connectivity index (χ1n) is 6.17. The van der Waals surface area contributed by atoms with Gasteiger partial charge in [-0.05, 0) is 32.2 Å². The fourth-order valence-corrected chi connectivity index (χ4v) is 1.85. The van der Waals surface area contributed by atoms with Crippen molar-refractivity contribution in [2.45, 2.75) is 32.7 Å². The maximum Gasteiger partial charge on any atom is 0.297 e. The van der Waals surface area contributed by atoms with Crippen LogP contribution in [0.4, 0.5) is 6.01 Å². The van der Waals surface area contributed by atoms with Crippen LogP contribution in [-0.4, -0.2) is 25.1 Å². The molecule has 1 fully saturated rings. The third kappa shape index (κ3) is 2.98. The Labute approximate surface area is 97.0 Å². The topological polar surface area (TPSA) is 41.3 Å². The van der Waals surface area contributed by atoms with Crippen LogP contribution in [0.25, 0.3) is 0 Å². The number of hydrogen-bond acceptors (Lipinski definition) is 4. The molecule has 1 heterocycles. The second-order valence-corrected chi connectivity index (χ2v) is 4.54. The Morgan fingerprint density at radius 3 is 3.00 bits per heavy atom. The summed E-state index contributed by atoms with van der Waals surface area (Å²) in [6.45, 7) is 5.10. The van der Waals surface area contributed by atoms with E-state index in [0.717, 1.165) is 43.7 Å². The summed E-state index contributed by atoms with van der Waals surface area (Å²) in [5.74, 6) is 0.867. The zero-order chi connectivity index (χ0) is 11.4. The Hall–Kier alpha value is -1.03. The van der Waals surface area contributed by atoms with Gasteiger partial charge in [0, 0.05) is 19.6 Å². The fourth-order valence-electron chi connectivity index (χ4n) is 1.85. The summed E-state index contributed by atoms with van der Waals surface area (Å²) in [6.07, 6.45) is 5.62. The molecule has 0 aromatic carbocycles. The van der Waals surface area contributed by atoms with E-state index in [-0.39, 0.29) is 0 Å². The molecule has 1 aliphatic rings. The van der Waals surface area contributed by atoms with Crippen molar-refractivity contribution < 1.29 is 4.42 Å². The molecule has 0 bridgehead atoms. The van der Waals surface area contributed by atoms with Crippen molar-refractivity contribution in [3.8, 4) is 0 Å². The predicted octanol–water partition coefficient (Wildman–Crippen LogP) is 2.02. The molecule has 0 radical (unpaired) electrons. The molecule has 1 aromatic rings. The van der Waals surface area contributed by atoms with E-state index in [1.165, 1.54) is 12.8 Å². The molecule has 0 saturated heterocycles. The van der Waals surface area contributed by atoms with E-state index >= 15 is 0 Å². The summed E-state index contributed by atoms with van der Waals surface area (Å²) in [5, 5.41) is 3.08. The van der Waals surface area contributed by atoms with Gasteiger partial charge in [-0.2, -0.15) is 4.98 Å². The summed E-state index contributed by atoms with van der Waals surface area (Å²) >= 11 is 0. The maximum absolute atomic E-state index is 5.54. The highest BCUT2D eigenvalue weighted by Gasteiger charge is 2.25. The molecule has 0 spiro atoms. The largest absolute Gasteiger partial charge is 0.432 e. The Bertz CT molecular complexity index is 320. The summed E-state index contributed by atoms with van der Waals surface area (Å²) < 4.78 is 5.54. The van der Waals surface area contributed by atoms with Gasteiger partial charge in [0.2, 0.25) is 0 Å². The van der Waals surface area contributed by atoms with Crippen molar-refractivity contribution in [2.75, 3.05) is 25.0 Å². The van der Waals surface area contributed by atoms with Crippen molar-refractivity contribution in [2.24, 2.45) is 5.92 Å². The quantitative estimate of drug-likeness (QED) is 0.768. The van der Waals surface area contributed by atoms with Crippen LogP contribution in [-0.2, 0) is 6.54 Å². The molecular weight excluding hydrogens is 202 g/mol. The fraction of sp³-hybridized carbons (Fsp3) is 0.750. The van der Waals surface area contributed by atoms with Gasteiger partial charge in [0.25, 0.3) is 6.01 Å². The summed E-state index contributed by atoms with van der Waals surface area (Å²) in [6, 6.07) is 0.791. The normalized spacial score (nSPS) is 15.4. The van der Waals surface area contributed by atoms with E-state index in [1.807, 2.05) is 7.05 Å². The molecule has 0 aliphatic heterocycles. The van der Waals surface area contributed by atoms with Crippen LogP contribution in [0.2, 0.25) is 0 Å². The Kier molecular flexibility index (Phi) is 3.83. The van der Waals surface area contributed by atoms with Gasteiger partial charge in [-0.15, -0.1) is 0 Å². The van der Waals surface area contributed by atoms with Gasteiger partial charge < -0.3 is 14.6 Å². The van der Waals surface area contributed by atoms with Gasteiger partial charge in [-0.25, -0.2) is 0 Å². The second kappa shape index (κ2) is 5.34. The van der Waals surface area contributed by atoms with Gasteiger partial charge in [-0.3, -0.25) is 0 Å². The number of nitrogens with one attached hydrogen (secondary N) is 1. The van der Waals surface area contributed by atoms with Crippen LogP contribution >= 0.6 is 0 Å². The van der Waals surface area contributed by atoms with E-state index in [0.29, 0.717) is 0 Å². The first-order valence-corrected chi connectivity index (χ1v) is 6.17. The zero-order valence-electron chi connectivity index (χ0n) is 10.2. The molecule has 4 heteroatoms. The minimum atomic E-state index is 0.771. The lowest BCUT2D eigenvalue weighted by atomic mass is 10.3. The van der Waals surface area contributed by atoms with Crippen molar-refractivity contribution in [1.82, 2.24) is 10.3 Å². The molecule has 1 aliphatic carbocycles. The molecule has 16 heavy (non-hydrogen) atoms. The number of hydrogen-bond donors (Lipinski definition) is 1. The lowest BCUT2D eigenvalue weighted by Crippen LogP contribution is -2.26. The number of rotatable bonds is 7. The smallest absolute Gasteiger partial charge is 0.297 e. The van der Waals surface area contributed by atoms with Crippen molar-refractivity contribution >= 4 is 6.01 Å². The van der Waals surface area contributed by atoms with Crippen LogP contribution in [0.15, 0.2) is 10.7 Å². The van der Waals surface area contributed by atoms with Crippen molar-refractivity contribution in [3.63, 3.8) is 0 Å². The van der Waals surface area contributed by atoms with Gasteiger partial charge in [0.1, 0.15) is 6.26 Å². The monoisotopic (exact) mass is 223 g/mol. The predicted molar refractivity (Wildman–Crippen MR) is 64.5 cm³/mol. The van der Waals surface area contributed by atoms with Crippen LogP contribution in [0.3, 0.4) is 0 Å². The molecule has 1 N–H and O–H groups in total.